The monoisotopic (exact) mass is 223 g/mol. The number of anilines is 1. The zero-order valence-electron chi connectivity index (χ0n) is 9.03. The SMILES string of the molecule is COc1ccc(C(=O)NNC(C)=O)c(N)c1. The molecule has 0 unspecified atom stereocenters. The number of hydrogen-bond acceptors (Lipinski definition) is 4. The summed E-state index contributed by atoms with van der Waals surface area (Å²) in [5.74, 6) is -0.274. The van der Waals surface area contributed by atoms with E-state index >= 15 is 0 Å². The van der Waals surface area contributed by atoms with Crippen LogP contribution in [0.5, 0.6) is 5.75 Å². The van der Waals surface area contributed by atoms with Crippen molar-refractivity contribution in [2.75, 3.05) is 12.8 Å². The average molecular weight is 223 g/mol. The molecule has 0 saturated heterocycles. The summed E-state index contributed by atoms with van der Waals surface area (Å²) >= 11 is 0. The van der Waals surface area contributed by atoms with E-state index in [4.69, 9.17) is 10.5 Å². The fourth-order valence-corrected chi connectivity index (χ4v) is 1.09. The molecule has 0 atom stereocenters. The number of rotatable bonds is 2. The van der Waals surface area contributed by atoms with Crippen LogP contribution in [-0.2, 0) is 4.79 Å². The predicted molar refractivity (Wildman–Crippen MR) is 58.7 cm³/mol. The summed E-state index contributed by atoms with van der Waals surface area (Å²) in [5.41, 5.74) is 10.6. The lowest BCUT2D eigenvalue weighted by atomic mass is 10.1. The Morgan fingerprint density at radius 2 is 2.00 bits per heavy atom. The summed E-state index contributed by atoms with van der Waals surface area (Å²) < 4.78 is 4.95. The fraction of sp³-hybridized carbons (Fsp3) is 0.200. The maximum absolute atomic E-state index is 11.5. The number of amides is 2. The van der Waals surface area contributed by atoms with Gasteiger partial charge in [0.05, 0.1) is 12.7 Å². The molecule has 16 heavy (non-hydrogen) atoms. The molecule has 2 amide bonds. The molecule has 0 fully saturated rings. The lowest BCUT2D eigenvalue weighted by Gasteiger charge is -2.08. The topological polar surface area (TPSA) is 93.5 Å². The first-order chi connectivity index (χ1) is 7.54. The van der Waals surface area contributed by atoms with Crippen LogP contribution in [0, 0.1) is 0 Å². The number of hydrogen-bond donors (Lipinski definition) is 3. The molecule has 86 valence electrons. The van der Waals surface area contributed by atoms with Crippen molar-refractivity contribution in [2.45, 2.75) is 6.92 Å². The van der Waals surface area contributed by atoms with Crippen LogP contribution in [0.1, 0.15) is 17.3 Å². The number of carbonyl (C=O) groups excluding carboxylic acids is 2. The molecule has 0 spiro atoms. The third-order valence-corrected chi connectivity index (χ3v) is 1.86. The number of carbonyl (C=O) groups is 2. The quantitative estimate of drug-likeness (QED) is 0.488. The van der Waals surface area contributed by atoms with Crippen LogP contribution in [0.15, 0.2) is 18.2 Å². The van der Waals surface area contributed by atoms with E-state index < -0.39 is 5.91 Å². The number of nitrogens with two attached hydrogens (primary N) is 1. The van der Waals surface area contributed by atoms with Gasteiger partial charge in [0.15, 0.2) is 0 Å². The minimum atomic E-state index is -0.477. The van der Waals surface area contributed by atoms with Gasteiger partial charge >= 0.3 is 0 Å². The molecule has 0 bridgehead atoms. The molecule has 0 aliphatic heterocycles. The van der Waals surface area contributed by atoms with Crippen molar-refractivity contribution in [3.8, 4) is 5.75 Å². The average Bonchev–Trinajstić information content (AvgIpc) is 2.25. The highest BCUT2D eigenvalue weighted by atomic mass is 16.5. The number of nitrogen functional groups attached to an aromatic ring is 1. The Bertz CT molecular complexity index is 418. The molecular weight excluding hydrogens is 210 g/mol. The molecule has 0 heterocycles. The van der Waals surface area contributed by atoms with Gasteiger partial charge in [-0.15, -0.1) is 0 Å². The van der Waals surface area contributed by atoms with E-state index in [1.54, 1.807) is 6.07 Å². The van der Waals surface area contributed by atoms with Crippen LogP contribution in [-0.4, -0.2) is 18.9 Å². The highest BCUT2D eigenvalue weighted by molar-refractivity contribution is 6.00. The van der Waals surface area contributed by atoms with E-state index in [-0.39, 0.29) is 17.2 Å². The Morgan fingerprint density at radius 1 is 1.31 bits per heavy atom. The minimum absolute atomic E-state index is 0.273. The number of benzene rings is 1. The van der Waals surface area contributed by atoms with Crippen LogP contribution in [0.2, 0.25) is 0 Å². The van der Waals surface area contributed by atoms with Crippen molar-refractivity contribution in [3.05, 3.63) is 23.8 Å². The van der Waals surface area contributed by atoms with Crippen LogP contribution in [0.3, 0.4) is 0 Å². The fourth-order valence-electron chi connectivity index (χ4n) is 1.09. The van der Waals surface area contributed by atoms with Gasteiger partial charge in [0.2, 0.25) is 5.91 Å². The first kappa shape index (κ1) is 11.8. The third kappa shape index (κ3) is 2.88. The molecule has 0 aromatic heterocycles. The van der Waals surface area contributed by atoms with Crippen molar-refractivity contribution in [1.82, 2.24) is 10.9 Å². The first-order valence-corrected chi connectivity index (χ1v) is 4.55. The summed E-state index contributed by atoms with van der Waals surface area (Å²) in [6, 6.07) is 4.66. The summed E-state index contributed by atoms with van der Waals surface area (Å²) in [4.78, 5) is 22.1. The van der Waals surface area contributed by atoms with Gasteiger partial charge in [0, 0.05) is 18.7 Å². The molecule has 0 aliphatic rings. The molecule has 1 aromatic carbocycles. The third-order valence-electron chi connectivity index (χ3n) is 1.86. The zero-order valence-corrected chi connectivity index (χ0v) is 9.03. The molecule has 0 saturated carbocycles. The van der Waals surface area contributed by atoms with Crippen LogP contribution < -0.4 is 21.3 Å². The van der Waals surface area contributed by atoms with Gasteiger partial charge in [-0.25, -0.2) is 0 Å². The minimum Gasteiger partial charge on any atom is -0.497 e. The smallest absolute Gasteiger partial charge is 0.271 e. The second-order valence-electron chi connectivity index (χ2n) is 3.09. The Balaban J connectivity index is 2.79. The molecule has 4 N–H and O–H groups in total. The Hall–Kier alpha value is -2.24. The van der Waals surface area contributed by atoms with E-state index in [0.717, 1.165) is 0 Å². The maximum atomic E-state index is 11.5. The Labute approximate surface area is 92.7 Å². The van der Waals surface area contributed by atoms with Crippen LogP contribution in [0.25, 0.3) is 0 Å². The Morgan fingerprint density at radius 3 is 2.50 bits per heavy atom. The summed E-state index contributed by atoms with van der Waals surface area (Å²) in [7, 11) is 1.51. The molecule has 6 nitrogen and oxygen atoms in total. The van der Waals surface area contributed by atoms with E-state index in [1.807, 2.05) is 0 Å². The summed E-state index contributed by atoms with van der Waals surface area (Å²) in [6.07, 6.45) is 0. The van der Waals surface area contributed by atoms with Crippen molar-refractivity contribution >= 4 is 17.5 Å². The highest BCUT2D eigenvalue weighted by Gasteiger charge is 2.10. The second-order valence-corrected chi connectivity index (χ2v) is 3.09. The van der Waals surface area contributed by atoms with Gasteiger partial charge in [0.1, 0.15) is 5.75 Å². The van der Waals surface area contributed by atoms with E-state index in [1.165, 1.54) is 26.2 Å². The standard InChI is InChI=1S/C10H13N3O3/c1-6(14)12-13-10(15)8-4-3-7(16-2)5-9(8)11/h3-5H,11H2,1-2H3,(H,12,14)(H,13,15). The molecular formula is C10H13N3O3. The summed E-state index contributed by atoms with van der Waals surface area (Å²) in [6.45, 7) is 1.29. The van der Waals surface area contributed by atoms with Gasteiger partial charge in [-0.3, -0.25) is 20.4 Å². The zero-order chi connectivity index (χ0) is 12.1. The van der Waals surface area contributed by atoms with Crippen LogP contribution >= 0.6 is 0 Å². The second kappa shape index (κ2) is 5.01. The summed E-state index contributed by atoms with van der Waals surface area (Å²) in [5, 5.41) is 0. The molecule has 1 aromatic rings. The number of nitrogens with one attached hydrogen (secondary N) is 2. The Kier molecular flexibility index (Phi) is 3.71. The number of ether oxygens (including phenoxy) is 1. The number of methoxy groups -OCH3 is 1. The largest absolute Gasteiger partial charge is 0.497 e. The highest BCUT2D eigenvalue weighted by Crippen LogP contribution is 2.19. The van der Waals surface area contributed by atoms with Gasteiger partial charge in [-0.1, -0.05) is 0 Å². The van der Waals surface area contributed by atoms with Crippen molar-refractivity contribution in [3.63, 3.8) is 0 Å². The molecule has 0 aliphatic carbocycles. The van der Waals surface area contributed by atoms with E-state index in [9.17, 15) is 9.59 Å². The predicted octanol–water partition coefficient (Wildman–Crippen LogP) is 0.0583. The van der Waals surface area contributed by atoms with Gasteiger partial charge in [-0.2, -0.15) is 0 Å². The van der Waals surface area contributed by atoms with E-state index in [0.29, 0.717) is 5.75 Å². The van der Waals surface area contributed by atoms with Crippen molar-refractivity contribution < 1.29 is 14.3 Å². The normalized spacial score (nSPS) is 9.38. The molecule has 6 heteroatoms. The van der Waals surface area contributed by atoms with Gasteiger partial charge in [0.25, 0.3) is 5.91 Å². The maximum Gasteiger partial charge on any atom is 0.271 e. The van der Waals surface area contributed by atoms with E-state index in [2.05, 4.69) is 10.9 Å². The number of hydrazine groups is 1. The lowest BCUT2D eigenvalue weighted by molar-refractivity contribution is -0.119. The van der Waals surface area contributed by atoms with Gasteiger partial charge in [-0.05, 0) is 12.1 Å². The molecule has 0 radical (unpaired) electrons. The van der Waals surface area contributed by atoms with Gasteiger partial charge < -0.3 is 10.5 Å². The van der Waals surface area contributed by atoms with Crippen molar-refractivity contribution in [1.29, 1.82) is 0 Å². The van der Waals surface area contributed by atoms with Crippen LogP contribution in [0.4, 0.5) is 5.69 Å². The first-order valence-electron chi connectivity index (χ1n) is 4.55. The lowest BCUT2D eigenvalue weighted by Crippen LogP contribution is -2.40. The molecule has 1 rings (SSSR count). The van der Waals surface area contributed by atoms with Crippen molar-refractivity contribution in [2.24, 2.45) is 0 Å².